The van der Waals surface area contributed by atoms with Crippen molar-refractivity contribution in [3.63, 3.8) is 0 Å². The van der Waals surface area contributed by atoms with Crippen molar-refractivity contribution in [1.29, 1.82) is 0 Å². The van der Waals surface area contributed by atoms with Crippen molar-refractivity contribution in [3.8, 4) is 0 Å². The van der Waals surface area contributed by atoms with Gasteiger partial charge in [0.2, 0.25) is 5.89 Å². The molecule has 3 rings (SSSR count). The first-order chi connectivity index (χ1) is 13.1. The molecule has 1 aliphatic heterocycles. The standard InChI is InChI=1S/C20H31N5OS/c1-4-21-20(23-12-18-7-10-27-14-18)22-11-17-5-8-25(9-6-17)13-19-24-15(2)16(3)26-19/h7,10,14,17H,4-6,8-9,11-13H2,1-3H3,(H2,21,22,23). The molecule has 1 fully saturated rings. The van der Waals surface area contributed by atoms with Crippen LogP contribution in [-0.4, -0.2) is 42.0 Å². The molecule has 0 unspecified atom stereocenters. The summed E-state index contributed by atoms with van der Waals surface area (Å²) in [5.41, 5.74) is 2.27. The highest BCUT2D eigenvalue weighted by molar-refractivity contribution is 7.07. The molecule has 0 atom stereocenters. The fraction of sp³-hybridized carbons (Fsp3) is 0.600. The van der Waals surface area contributed by atoms with E-state index in [9.17, 15) is 0 Å². The van der Waals surface area contributed by atoms with Gasteiger partial charge in [-0.15, -0.1) is 0 Å². The van der Waals surface area contributed by atoms with Crippen LogP contribution in [0, 0.1) is 19.8 Å². The third-order valence-electron chi connectivity index (χ3n) is 5.04. The van der Waals surface area contributed by atoms with Gasteiger partial charge in [-0.1, -0.05) is 0 Å². The molecule has 7 heteroatoms. The summed E-state index contributed by atoms with van der Waals surface area (Å²) in [6.45, 7) is 11.7. The minimum atomic E-state index is 0.680. The molecule has 0 bridgehead atoms. The highest BCUT2D eigenvalue weighted by Gasteiger charge is 2.21. The van der Waals surface area contributed by atoms with E-state index in [1.807, 2.05) is 13.8 Å². The first kappa shape index (κ1) is 19.9. The fourth-order valence-corrected chi connectivity index (χ4v) is 3.94. The van der Waals surface area contributed by atoms with E-state index in [1.54, 1.807) is 11.3 Å². The first-order valence-electron chi connectivity index (χ1n) is 9.82. The summed E-state index contributed by atoms with van der Waals surface area (Å²) in [6, 6.07) is 2.13. The molecule has 148 valence electrons. The molecule has 0 aliphatic carbocycles. The van der Waals surface area contributed by atoms with Crippen LogP contribution in [0.4, 0.5) is 0 Å². The molecule has 0 aromatic carbocycles. The predicted molar refractivity (Wildman–Crippen MR) is 111 cm³/mol. The van der Waals surface area contributed by atoms with Gasteiger partial charge < -0.3 is 15.1 Å². The Morgan fingerprint density at radius 1 is 1.33 bits per heavy atom. The van der Waals surface area contributed by atoms with E-state index in [1.165, 1.54) is 18.4 Å². The summed E-state index contributed by atoms with van der Waals surface area (Å²) in [7, 11) is 0. The summed E-state index contributed by atoms with van der Waals surface area (Å²) >= 11 is 1.72. The van der Waals surface area contributed by atoms with Crippen molar-refractivity contribution in [2.45, 2.75) is 46.7 Å². The highest BCUT2D eigenvalue weighted by Crippen LogP contribution is 2.19. The van der Waals surface area contributed by atoms with E-state index in [4.69, 9.17) is 9.41 Å². The van der Waals surface area contributed by atoms with Crippen molar-refractivity contribution in [1.82, 2.24) is 20.5 Å². The van der Waals surface area contributed by atoms with E-state index in [2.05, 4.69) is 44.3 Å². The number of piperidine rings is 1. The number of thiophene rings is 1. The zero-order chi connectivity index (χ0) is 19.1. The number of oxazole rings is 1. The molecular weight excluding hydrogens is 358 g/mol. The van der Waals surface area contributed by atoms with Gasteiger partial charge in [0, 0.05) is 13.1 Å². The Morgan fingerprint density at radius 3 is 2.78 bits per heavy atom. The Bertz CT molecular complexity index is 697. The number of nitrogens with one attached hydrogen (secondary N) is 2. The molecule has 0 amide bonds. The number of aryl methyl sites for hydroxylation is 2. The quantitative estimate of drug-likeness (QED) is 0.562. The predicted octanol–water partition coefficient (Wildman–Crippen LogP) is 3.32. The van der Waals surface area contributed by atoms with E-state index in [-0.39, 0.29) is 0 Å². The van der Waals surface area contributed by atoms with Crippen molar-refractivity contribution in [3.05, 3.63) is 39.7 Å². The Kier molecular flexibility index (Phi) is 7.29. The Hall–Kier alpha value is -1.86. The second kappa shape index (κ2) is 9.90. The monoisotopic (exact) mass is 389 g/mol. The number of likely N-dealkylation sites (tertiary alicyclic amines) is 1. The second-order valence-corrected chi connectivity index (χ2v) is 7.96. The molecule has 0 saturated carbocycles. The summed E-state index contributed by atoms with van der Waals surface area (Å²) in [5, 5.41) is 11.1. The van der Waals surface area contributed by atoms with Gasteiger partial charge >= 0.3 is 0 Å². The largest absolute Gasteiger partial charge is 0.444 e. The Morgan fingerprint density at radius 2 is 2.15 bits per heavy atom. The molecule has 6 nitrogen and oxygen atoms in total. The van der Waals surface area contributed by atoms with Crippen LogP contribution < -0.4 is 10.6 Å². The first-order valence-corrected chi connectivity index (χ1v) is 10.8. The van der Waals surface area contributed by atoms with Gasteiger partial charge in [-0.2, -0.15) is 11.3 Å². The number of guanidine groups is 1. The summed E-state index contributed by atoms with van der Waals surface area (Å²) < 4.78 is 5.72. The van der Waals surface area contributed by atoms with Crippen molar-refractivity contribution < 1.29 is 4.42 Å². The maximum absolute atomic E-state index is 5.72. The number of hydrogen-bond acceptors (Lipinski definition) is 5. The maximum Gasteiger partial charge on any atom is 0.208 e. The molecule has 27 heavy (non-hydrogen) atoms. The third kappa shape index (κ3) is 6.07. The van der Waals surface area contributed by atoms with Crippen LogP contribution in [0.15, 0.2) is 26.2 Å². The molecule has 2 aromatic rings. The van der Waals surface area contributed by atoms with Crippen LogP contribution in [0.25, 0.3) is 0 Å². The van der Waals surface area contributed by atoms with E-state index in [0.29, 0.717) is 5.92 Å². The van der Waals surface area contributed by atoms with Crippen LogP contribution in [0.2, 0.25) is 0 Å². The maximum atomic E-state index is 5.72. The molecular formula is C20H31N5OS. The minimum Gasteiger partial charge on any atom is -0.444 e. The average Bonchev–Trinajstić information content (AvgIpc) is 3.29. The van der Waals surface area contributed by atoms with Crippen LogP contribution in [0.3, 0.4) is 0 Å². The second-order valence-electron chi connectivity index (χ2n) is 7.18. The Labute approximate surface area is 166 Å². The highest BCUT2D eigenvalue weighted by atomic mass is 32.1. The van der Waals surface area contributed by atoms with Gasteiger partial charge in [0.15, 0.2) is 5.96 Å². The number of nitrogens with zero attached hydrogens (tertiary/aromatic N) is 3. The molecule has 2 aromatic heterocycles. The molecule has 1 saturated heterocycles. The molecule has 2 N–H and O–H groups in total. The minimum absolute atomic E-state index is 0.680. The molecule has 0 radical (unpaired) electrons. The smallest absolute Gasteiger partial charge is 0.208 e. The van der Waals surface area contributed by atoms with Crippen LogP contribution in [0.5, 0.6) is 0 Å². The lowest BCUT2D eigenvalue weighted by Crippen LogP contribution is -2.42. The van der Waals surface area contributed by atoms with Crippen molar-refractivity contribution in [2.75, 3.05) is 26.2 Å². The van der Waals surface area contributed by atoms with Crippen LogP contribution in [-0.2, 0) is 13.1 Å². The molecule has 1 aliphatic rings. The van der Waals surface area contributed by atoms with E-state index in [0.717, 1.165) is 62.6 Å². The van der Waals surface area contributed by atoms with Crippen molar-refractivity contribution >= 4 is 17.3 Å². The van der Waals surface area contributed by atoms with Gasteiger partial charge in [0.1, 0.15) is 5.76 Å². The zero-order valence-electron chi connectivity index (χ0n) is 16.6. The fourth-order valence-electron chi connectivity index (χ4n) is 3.28. The van der Waals surface area contributed by atoms with Gasteiger partial charge in [0.05, 0.1) is 18.8 Å². The van der Waals surface area contributed by atoms with Crippen LogP contribution in [0.1, 0.15) is 42.7 Å². The summed E-state index contributed by atoms with van der Waals surface area (Å²) in [4.78, 5) is 11.6. The number of rotatable bonds is 7. The lowest BCUT2D eigenvalue weighted by atomic mass is 9.97. The lowest BCUT2D eigenvalue weighted by Gasteiger charge is -2.31. The summed E-state index contributed by atoms with van der Waals surface area (Å²) in [5.74, 6) is 3.37. The summed E-state index contributed by atoms with van der Waals surface area (Å²) in [6.07, 6.45) is 2.38. The zero-order valence-corrected chi connectivity index (χ0v) is 17.4. The average molecular weight is 390 g/mol. The Balaban J connectivity index is 1.41. The number of aliphatic imine (C=N–C) groups is 1. The third-order valence-corrected chi connectivity index (χ3v) is 5.77. The molecule has 0 spiro atoms. The molecule has 3 heterocycles. The van der Waals surface area contributed by atoms with Gasteiger partial charge in [-0.3, -0.25) is 4.90 Å². The normalized spacial score (nSPS) is 16.6. The van der Waals surface area contributed by atoms with E-state index >= 15 is 0 Å². The topological polar surface area (TPSA) is 65.7 Å². The number of aromatic nitrogens is 1. The van der Waals surface area contributed by atoms with Gasteiger partial charge in [-0.05, 0) is 75.0 Å². The van der Waals surface area contributed by atoms with Crippen LogP contribution >= 0.6 is 11.3 Å². The number of hydrogen-bond donors (Lipinski definition) is 2. The SMILES string of the molecule is CCNC(=NCc1ccsc1)NCC1CCN(Cc2nc(C)c(C)o2)CC1. The lowest BCUT2D eigenvalue weighted by molar-refractivity contribution is 0.164. The van der Waals surface area contributed by atoms with Crippen molar-refractivity contribution in [2.24, 2.45) is 10.9 Å². The van der Waals surface area contributed by atoms with Gasteiger partial charge in [-0.25, -0.2) is 9.98 Å². The van der Waals surface area contributed by atoms with E-state index < -0.39 is 0 Å². The van der Waals surface area contributed by atoms with Gasteiger partial charge in [0.25, 0.3) is 0 Å².